The number of ether oxygens (including phenoxy) is 2. The summed E-state index contributed by atoms with van der Waals surface area (Å²) >= 11 is 6.04. The average molecular weight is 495 g/mol. The third-order valence-corrected chi connectivity index (χ3v) is 4.82. The van der Waals surface area contributed by atoms with Crippen LogP contribution in [0.1, 0.15) is 11.1 Å². The quantitative estimate of drug-likeness (QED) is 0.240. The summed E-state index contributed by atoms with van der Waals surface area (Å²) in [5.74, 6) is -1.24. The first kappa shape index (κ1) is 25.3. The minimum absolute atomic E-state index is 0.230. The van der Waals surface area contributed by atoms with Gasteiger partial charge in [-0.3, -0.25) is 14.4 Å². The van der Waals surface area contributed by atoms with Crippen molar-refractivity contribution in [1.82, 2.24) is 10.7 Å². The number of halogens is 1. The zero-order valence-electron chi connectivity index (χ0n) is 18.8. The molecule has 9 nitrogen and oxygen atoms in total. The van der Waals surface area contributed by atoms with Crippen molar-refractivity contribution in [2.75, 3.05) is 19.0 Å². The van der Waals surface area contributed by atoms with E-state index < -0.39 is 11.8 Å². The predicted octanol–water partition coefficient (Wildman–Crippen LogP) is 3.13. The molecule has 3 aromatic carbocycles. The molecule has 0 heterocycles. The summed E-state index contributed by atoms with van der Waals surface area (Å²) in [5, 5.41) is 9.40. The lowest BCUT2D eigenvalue weighted by Crippen LogP contribution is -2.32. The van der Waals surface area contributed by atoms with Crippen LogP contribution in [0.3, 0.4) is 0 Å². The zero-order chi connectivity index (χ0) is 25.0. The van der Waals surface area contributed by atoms with Crippen molar-refractivity contribution in [3.05, 3.63) is 88.9 Å². The van der Waals surface area contributed by atoms with Gasteiger partial charge in [-0.15, -0.1) is 0 Å². The molecule has 10 heteroatoms. The van der Waals surface area contributed by atoms with E-state index in [1.165, 1.54) is 13.3 Å². The van der Waals surface area contributed by atoms with Gasteiger partial charge in [-0.05, 0) is 48.0 Å². The molecule has 35 heavy (non-hydrogen) atoms. The molecular formula is C25H23ClN4O5. The third-order valence-electron chi connectivity index (χ3n) is 4.59. The van der Waals surface area contributed by atoms with Gasteiger partial charge in [-0.1, -0.05) is 41.9 Å². The Balaban J connectivity index is 1.52. The van der Waals surface area contributed by atoms with Crippen molar-refractivity contribution < 1.29 is 23.9 Å². The Hall–Kier alpha value is -4.37. The summed E-state index contributed by atoms with van der Waals surface area (Å²) in [5.41, 5.74) is 3.93. The van der Waals surface area contributed by atoms with E-state index in [2.05, 4.69) is 21.2 Å². The summed E-state index contributed by atoms with van der Waals surface area (Å²) in [6.45, 7) is 0.147. The third kappa shape index (κ3) is 8.17. The molecule has 3 amide bonds. The molecule has 0 radical (unpaired) electrons. The van der Waals surface area contributed by atoms with Gasteiger partial charge in [0.1, 0.15) is 11.5 Å². The number of hydrazone groups is 1. The number of nitrogens with one attached hydrogen (secondary N) is 3. The lowest BCUT2D eigenvalue weighted by Gasteiger charge is -2.10. The van der Waals surface area contributed by atoms with Gasteiger partial charge in [0.2, 0.25) is 0 Å². The maximum atomic E-state index is 12.1. The van der Waals surface area contributed by atoms with Crippen LogP contribution in [0.2, 0.25) is 5.02 Å². The smallest absolute Gasteiger partial charge is 0.329 e. The average Bonchev–Trinajstić information content (AvgIpc) is 2.88. The molecule has 0 saturated carbocycles. The van der Waals surface area contributed by atoms with Gasteiger partial charge in [0.15, 0.2) is 6.61 Å². The van der Waals surface area contributed by atoms with E-state index >= 15 is 0 Å². The number of methoxy groups -OCH3 is 1. The lowest BCUT2D eigenvalue weighted by atomic mass is 10.2. The molecule has 0 aliphatic heterocycles. The van der Waals surface area contributed by atoms with Crippen LogP contribution in [0.25, 0.3) is 0 Å². The molecule has 3 aromatic rings. The number of nitrogens with zero attached hydrogens (tertiary/aromatic N) is 1. The normalized spacial score (nSPS) is 10.5. The number of benzene rings is 3. The maximum Gasteiger partial charge on any atom is 0.329 e. The van der Waals surface area contributed by atoms with Gasteiger partial charge >= 0.3 is 11.8 Å². The van der Waals surface area contributed by atoms with Crippen LogP contribution < -0.4 is 25.5 Å². The number of amides is 3. The highest BCUT2D eigenvalue weighted by Crippen LogP contribution is 2.21. The van der Waals surface area contributed by atoms with Crippen LogP contribution in [-0.2, 0) is 20.9 Å². The first-order valence-corrected chi connectivity index (χ1v) is 10.8. The van der Waals surface area contributed by atoms with Gasteiger partial charge in [0.05, 0.1) is 13.3 Å². The fourth-order valence-corrected chi connectivity index (χ4v) is 3.00. The molecular weight excluding hydrogens is 472 g/mol. The number of rotatable bonds is 9. The topological polar surface area (TPSA) is 118 Å². The summed E-state index contributed by atoms with van der Waals surface area (Å²) in [7, 11) is 1.52. The van der Waals surface area contributed by atoms with Gasteiger partial charge in [0.25, 0.3) is 5.91 Å². The molecule has 0 saturated heterocycles. The Kier molecular flexibility index (Phi) is 9.21. The second-order valence-electron chi connectivity index (χ2n) is 7.11. The van der Waals surface area contributed by atoms with Crippen molar-refractivity contribution in [2.24, 2.45) is 5.10 Å². The van der Waals surface area contributed by atoms with Crippen LogP contribution >= 0.6 is 11.6 Å². The van der Waals surface area contributed by atoms with Crippen LogP contribution in [0, 0.1) is 0 Å². The summed E-state index contributed by atoms with van der Waals surface area (Å²) in [6, 6.07) is 20.7. The van der Waals surface area contributed by atoms with Crippen molar-refractivity contribution in [3.8, 4) is 11.5 Å². The van der Waals surface area contributed by atoms with Gasteiger partial charge in [-0.2, -0.15) is 5.10 Å². The fraction of sp³-hybridized carbons (Fsp3) is 0.120. The number of anilines is 1. The van der Waals surface area contributed by atoms with E-state index in [9.17, 15) is 14.4 Å². The highest BCUT2D eigenvalue weighted by molar-refractivity contribution is 6.39. The maximum absolute atomic E-state index is 12.1. The molecule has 0 atom stereocenters. The van der Waals surface area contributed by atoms with E-state index in [1.807, 2.05) is 30.3 Å². The first-order valence-electron chi connectivity index (χ1n) is 10.5. The van der Waals surface area contributed by atoms with Crippen LogP contribution in [0.5, 0.6) is 11.5 Å². The Labute approximate surface area is 207 Å². The minimum Gasteiger partial charge on any atom is -0.497 e. The molecule has 0 aromatic heterocycles. The predicted molar refractivity (Wildman–Crippen MR) is 133 cm³/mol. The van der Waals surface area contributed by atoms with Crippen molar-refractivity contribution in [1.29, 1.82) is 0 Å². The number of hydrogen-bond acceptors (Lipinski definition) is 6. The van der Waals surface area contributed by atoms with Crippen LogP contribution in [0.4, 0.5) is 5.69 Å². The first-order chi connectivity index (χ1) is 16.9. The van der Waals surface area contributed by atoms with Gasteiger partial charge in [-0.25, -0.2) is 5.43 Å². The van der Waals surface area contributed by atoms with E-state index in [4.69, 9.17) is 21.1 Å². The molecule has 0 bridgehead atoms. The highest BCUT2D eigenvalue weighted by Gasteiger charge is 2.13. The Morgan fingerprint density at radius 2 is 1.71 bits per heavy atom. The Morgan fingerprint density at radius 1 is 0.971 bits per heavy atom. The molecule has 0 aliphatic rings. The number of carbonyl (C=O) groups is 3. The molecule has 3 rings (SSSR count). The van der Waals surface area contributed by atoms with E-state index in [-0.39, 0.29) is 12.5 Å². The summed E-state index contributed by atoms with van der Waals surface area (Å²) < 4.78 is 10.6. The number of hydrogen-bond donors (Lipinski definition) is 3. The monoisotopic (exact) mass is 494 g/mol. The molecule has 0 spiro atoms. The Bertz CT molecular complexity index is 1200. The largest absolute Gasteiger partial charge is 0.497 e. The van der Waals surface area contributed by atoms with E-state index in [0.29, 0.717) is 34.3 Å². The zero-order valence-corrected chi connectivity index (χ0v) is 19.5. The highest BCUT2D eigenvalue weighted by atomic mass is 35.5. The second kappa shape index (κ2) is 12.8. The molecule has 180 valence electrons. The molecule has 3 N–H and O–H groups in total. The minimum atomic E-state index is -0.971. The second-order valence-corrected chi connectivity index (χ2v) is 7.55. The molecule has 0 unspecified atom stereocenters. The van der Waals surface area contributed by atoms with E-state index in [1.54, 1.807) is 42.5 Å². The number of carbonyl (C=O) groups excluding carboxylic acids is 3. The summed E-state index contributed by atoms with van der Waals surface area (Å²) in [4.78, 5) is 36.2. The van der Waals surface area contributed by atoms with E-state index in [0.717, 1.165) is 5.56 Å². The molecule has 0 aliphatic carbocycles. The fourth-order valence-electron chi connectivity index (χ4n) is 2.82. The van der Waals surface area contributed by atoms with Crippen molar-refractivity contribution in [2.45, 2.75) is 6.54 Å². The van der Waals surface area contributed by atoms with Crippen LogP contribution in [-0.4, -0.2) is 37.7 Å². The Morgan fingerprint density at radius 3 is 2.43 bits per heavy atom. The SMILES string of the molecule is COc1ccc(NC(=O)C(=O)N/N=C\c2cc(Cl)ccc2OCC(=O)NCc2ccccc2)cc1. The van der Waals surface area contributed by atoms with Crippen molar-refractivity contribution in [3.63, 3.8) is 0 Å². The van der Waals surface area contributed by atoms with Gasteiger partial charge in [0, 0.05) is 22.8 Å². The van der Waals surface area contributed by atoms with Gasteiger partial charge < -0.3 is 20.1 Å². The van der Waals surface area contributed by atoms with Crippen LogP contribution in [0.15, 0.2) is 77.9 Å². The molecule has 0 fully saturated rings. The summed E-state index contributed by atoms with van der Waals surface area (Å²) in [6.07, 6.45) is 1.27. The van der Waals surface area contributed by atoms with Crippen molar-refractivity contribution >= 4 is 41.2 Å². The standard InChI is InChI=1S/C25H23ClN4O5/c1-34-21-10-8-20(9-11-21)29-24(32)25(33)30-28-15-18-13-19(26)7-12-22(18)35-16-23(31)27-14-17-5-3-2-4-6-17/h2-13,15H,14,16H2,1H3,(H,27,31)(H,29,32)(H,30,33)/b28-15-. The lowest BCUT2D eigenvalue weighted by molar-refractivity contribution is -0.136.